The molecule has 0 aliphatic heterocycles. The van der Waals surface area contributed by atoms with Gasteiger partial charge in [0.1, 0.15) is 16.9 Å². The number of amides is 1. The number of hydrogen-bond acceptors (Lipinski definition) is 5. The van der Waals surface area contributed by atoms with Crippen LogP contribution in [0.4, 0.5) is 4.79 Å². The Morgan fingerprint density at radius 2 is 1.84 bits per heavy atom. The fourth-order valence-corrected chi connectivity index (χ4v) is 2.04. The monoisotopic (exact) mass is 347 g/mol. The Morgan fingerprint density at radius 3 is 2.28 bits per heavy atom. The highest BCUT2D eigenvalue weighted by Crippen LogP contribution is 2.25. The molecule has 1 unspecified atom stereocenters. The summed E-state index contributed by atoms with van der Waals surface area (Å²) in [7, 11) is 1.55. The molecular weight excluding hydrogens is 322 g/mol. The van der Waals surface area contributed by atoms with Gasteiger partial charge in [-0.05, 0) is 45.4 Å². The number of alkyl carbamates (subject to hydrolysis) is 1. The molecule has 0 aliphatic rings. The number of methoxy groups -OCH3 is 1. The molecule has 0 aliphatic carbocycles. The van der Waals surface area contributed by atoms with E-state index in [-0.39, 0.29) is 12.2 Å². The van der Waals surface area contributed by atoms with Crippen LogP contribution in [-0.4, -0.2) is 31.4 Å². The maximum atomic E-state index is 12.2. The topological polar surface area (TPSA) is 73.9 Å². The van der Waals surface area contributed by atoms with Gasteiger partial charge in [-0.3, -0.25) is 0 Å². The van der Waals surface area contributed by atoms with Gasteiger partial charge in [-0.15, -0.1) is 5.73 Å². The molecule has 0 aromatic heterocycles. The summed E-state index contributed by atoms with van der Waals surface area (Å²) in [6.07, 6.45) is -0.662. The second-order valence-corrected chi connectivity index (χ2v) is 6.16. The van der Waals surface area contributed by atoms with Crippen molar-refractivity contribution in [1.29, 1.82) is 0 Å². The van der Waals surface area contributed by atoms with E-state index in [0.29, 0.717) is 11.3 Å². The molecule has 6 heteroatoms. The van der Waals surface area contributed by atoms with Crippen molar-refractivity contribution in [3.05, 3.63) is 47.7 Å². The van der Waals surface area contributed by atoms with Crippen LogP contribution >= 0.6 is 0 Å². The number of benzene rings is 1. The van der Waals surface area contributed by atoms with Gasteiger partial charge < -0.3 is 19.5 Å². The lowest BCUT2D eigenvalue weighted by atomic mass is 9.99. The number of hydrogen-bond donors (Lipinski definition) is 1. The minimum Gasteiger partial charge on any atom is -0.497 e. The van der Waals surface area contributed by atoms with Gasteiger partial charge in [0.15, 0.2) is 0 Å². The quantitative estimate of drug-likeness (QED) is 0.484. The van der Waals surface area contributed by atoms with Crippen LogP contribution in [0.2, 0.25) is 0 Å². The van der Waals surface area contributed by atoms with Crippen LogP contribution in [0.5, 0.6) is 5.75 Å². The molecule has 0 spiro atoms. The lowest BCUT2D eigenvalue weighted by molar-refractivity contribution is -0.138. The van der Waals surface area contributed by atoms with Crippen molar-refractivity contribution in [3.63, 3.8) is 0 Å². The number of nitrogens with one attached hydrogen (secondary N) is 1. The normalized spacial score (nSPS) is 11.7. The molecule has 0 saturated carbocycles. The van der Waals surface area contributed by atoms with E-state index in [9.17, 15) is 9.59 Å². The Labute approximate surface area is 148 Å². The molecule has 1 atom stereocenters. The van der Waals surface area contributed by atoms with E-state index in [1.54, 1.807) is 59.1 Å². The molecule has 136 valence electrons. The predicted octanol–water partition coefficient (Wildman–Crippen LogP) is 3.54. The third-order valence-corrected chi connectivity index (χ3v) is 3.08. The van der Waals surface area contributed by atoms with E-state index in [0.717, 1.165) is 0 Å². The summed E-state index contributed by atoms with van der Waals surface area (Å²) in [5, 5.41) is 2.68. The van der Waals surface area contributed by atoms with E-state index in [1.807, 2.05) is 0 Å². The van der Waals surface area contributed by atoms with Crippen LogP contribution in [0.3, 0.4) is 0 Å². The molecular formula is C19H25NO5. The van der Waals surface area contributed by atoms with Crippen molar-refractivity contribution in [2.24, 2.45) is 0 Å². The lowest BCUT2D eigenvalue weighted by Gasteiger charge is -2.24. The zero-order chi connectivity index (χ0) is 19.0. The molecule has 1 N–H and O–H groups in total. The first-order chi connectivity index (χ1) is 11.7. The van der Waals surface area contributed by atoms with Crippen molar-refractivity contribution in [1.82, 2.24) is 5.32 Å². The van der Waals surface area contributed by atoms with E-state index >= 15 is 0 Å². The van der Waals surface area contributed by atoms with Gasteiger partial charge in [-0.1, -0.05) is 18.7 Å². The second kappa shape index (κ2) is 8.94. The van der Waals surface area contributed by atoms with E-state index < -0.39 is 23.7 Å². The van der Waals surface area contributed by atoms with Crippen molar-refractivity contribution in [2.75, 3.05) is 13.7 Å². The largest absolute Gasteiger partial charge is 0.497 e. The van der Waals surface area contributed by atoms with Gasteiger partial charge in [0.25, 0.3) is 0 Å². The average molecular weight is 347 g/mol. The number of carbonyl (C=O) groups is 2. The molecule has 0 fully saturated rings. The van der Waals surface area contributed by atoms with Gasteiger partial charge in [-0.2, -0.15) is 0 Å². The first-order valence-electron chi connectivity index (χ1n) is 7.92. The molecule has 0 radical (unpaired) electrons. The summed E-state index contributed by atoms with van der Waals surface area (Å²) < 4.78 is 15.4. The van der Waals surface area contributed by atoms with Crippen LogP contribution in [0.15, 0.2) is 42.1 Å². The highest BCUT2D eigenvalue weighted by Gasteiger charge is 2.27. The Balaban J connectivity index is 3.18. The standard InChI is InChI=1S/C19H25NO5/c1-7-15(17(21)24-8-2)16(20-18(22)25-19(3,4)5)13-9-11-14(23-6)12-10-13/h9-12,16H,1,8H2,2-6H3,(H,20,22). The lowest BCUT2D eigenvalue weighted by Crippen LogP contribution is -2.37. The van der Waals surface area contributed by atoms with Crippen LogP contribution in [0, 0.1) is 0 Å². The first kappa shape index (κ1) is 20.3. The fraction of sp³-hybridized carbons (Fsp3) is 0.421. The van der Waals surface area contributed by atoms with E-state index in [2.05, 4.69) is 17.6 Å². The Morgan fingerprint density at radius 1 is 1.24 bits per heavy atom. The smallest absolute Gasteiger partial charge is 0.408 e. The zero-order valence-electron chi connectivity index (χ0n) is 15.3. The first-order valence-corrected chi connectivity index (χ1v) is 7.92. The van der Waals surface area contributed by atoms with Crippen LogP contribution in [-0.2, 0) is 14.3 Å². The predicted molar refractivity (Wildman–Crippen MR) is 94.4 cm³/mol. The van der Waals surface area contributed by atoms with Crippen molar-refractivity contribution < 1.29 is 23.8 Å². The molecule has 1 amide bonds. The van der Waals surface area contributed by atoms with E-state index in [4.69, 9.17) is 14.2 Å². The number of esters is 1. The Hall–Kier alpha value is -2.72. The number of ether oxygens (including phenoxy) is 3. The van der Waals surface area contributed by atoms with Crippen LogP contribution in [0.1, 0.15) is 39.3 Å². The minimum atomic E-state index is -0.808. The third-order valence-electron chi connectivity index (χ3n) is 3.08. The highest BCUT2D eigenvalue weighted by molar-refractivity contribution is 5.90. The minimum absolute atomic E-state index is 0.0953. The fourth-order valence-electron chi connectivity index (χ4n) is 2.04. The molecule has 1 rings (SSSR count). The van der Waals surface area contributed by atoms with Crippen molar-refractivity contribution in [2.45, 2.75) is 39.3 Å². The molecule has 25 heavy (non-hydrogen) atoms. The molecule has 6 nitrogen and oxygen atoms in total. The average Bonchev–Trinajstić information content (AvgIpc) is 2.53. The summed E-state index contributed by atoms with van der Waals surface area (Å²) >= 11 is 0. The summed E-state index contributed by atoms with van der Waals surface area (Å²) in [6.45, 7) is 10.7. The Kier molecular flexibility index (Phi) is 7.27. The zero-order valence-corrected chi connectivity index (χ0v) is 15.3. The number of rotatable bonds is 6. The summed E-state index contributed by atoms with van der Waals surface area (Å²) in [6, 6.07) is 6.11. The highest BCUT2D eigenvalue weighted by atomic mass is 16.6. The maximum Gasteiger partial charge on any atom is 0.408 e. The van der Waals surface area contributed by atoms with Crippen molar-refractivity contribution >= 4 is 12.1 Å². The Bertz CT molecular complexity index is 651. The molecule has 0 bridgehead atoms. The van der Waals surface area contributed by atoms with Gasteiger partial charge in [0.05, 0.1) is 19.8 Å². The van der Waals surface area contributed by atoms with E-state index in [1.165, 1.54) is 0 Å². The third kappa shape index (κ3) is 6.36. The number of carbonyl (C=O) groups excluding carboxylic acids is 2. The molecule has 0 heterocycles. The molecule has 1 aromatic rings. The van der Waals surface area contributed by atoms with Crippen LogP contribution < -0.4 is 10.1 Å². The molecule has 0 saturated heterocycles. The van der Waals surface area contributed by atoms with Crippen LogP contribution in [0.25, 0.3) is 0 Å². The second-order valence-electron chi connectivity index (χ2n) is 6.16. The van der Waals surface area contributed by atoms with Gasteiger partial charge in [-0.25, -0.2) is 9.59 Å². The summed E-state index contributed by atoms with van der Waals surface area (Å²) in [5.41, 5.74) is 2.64. The maximum absolute atomic E-state index is 12.2. The van der Waals surface area contributed by atoms with Gasteiger partial charge in [0.2, 0.25) is 0 Å². The van der Waals surface area contributed by atoms with Crippen molar-refractivity contribution in [3.8, 4) is 5.75 Å². The molecule has 1 aromatic carbocycles. The summed E-state index contributed by atoms with van der Waals surface area (Å²) in [5.74, 6) is 0.0504. The summed E-state index contributed by atoms with van der Waals surface area (Å²) in [4.78, 5) is 24.4. The van der Waals surface area contributed by atoms with Gasteiger partial charge in [0, 0.05) is 0 Å². The SMILES string of the molecule is C=C=C(C(=O)OCC)C(NC(=O)OC(C)(C)C)c1ccc(OC)cc1. The van der Waals surface area contributed by atoms with Gasteiger partial charge >= 0.3 is 12.1 Å².